The van der Waals surface area contributed by atoms with Crippen LogP contribution in [0.4, 0.5) is 0 Å². The number of benzene rings is 2. The first-order valence-electron chi connectivity index (χ1n) is 13.6. The van der Waals surface area contributed by atoms with Crippen LogP contribution >= 0.6 is 0 Å². The molecule has 5 aromatic rings. The first kappa shape index (κ1) is 29.6. The van der Waals surface area contributed by atoms with Crippen molar-refractivity contribution in [1.82, 2.24) is 14.6 Å². The van der Waals surface area contributed by atoms with E-state index in [1.807, 2.05) is 24.3 Å². The third-order valence-electron chi connectivity index (χ3n) is 7.14. The van der Waals surface area contributed by atoms with Gasteiger partial charge in [-0.15, -0.1) is 0 Å². The summed E-state index contributed by atoms with van der Waals surface area (Å²) in [5.41, 5.74) is 7.88. The summed E-state index contributed by atoms with van der Waals surface area (Å²) in [4.78, 5) is 35.7. The first-order chi connectivity index (χ1) is 21.0. The van der Waals surface area contributed by atoms with E-state index < -0.39 is 17.8 Å². The molecule has 0 radical (unpaired) electrons. The molecule has 3 N–H and O–H groups in total. The lowest BCUT2D eigenvalue weighted by atomic mass is 10.1. The van der Waals surface area contributed by atoms with E-state index >= 15 is 0 Å². The number of amides is 1. The Kier molecular flexibility index (Phi) is 8.21. The highest BCUT2D eigenvalue weighted by Crippen LogP contribution is 2.23. The SMILES string of the molecule is Cc1ccc(C)n1-c1ccc(OCc2ccc(C(=O)N/N=C/c3cc(C)n(-c4cc(C(=O)O)cc(C(=O)O)c4)c3C)o2)cc1. The Morgan fingerprint density at radius 3 is 2.05 bits per heavy atom. The monoisotopic (exact) mass is 594 g/mol. The third-order valence-corrected chi connectivity index (χ3v) is 7.14. The van der Waals surface area contributed by atoms with Gasteiger partial charge in [0.05, 0.1) is 17.3 Å². The molecular formula is C33H30N4O7. The van der Waals surface area contributed by atoms with Gasteiger partial charge in [0, 0.05) is 39.7 Å². The minimum atomic E-state index is -1.23. The fraction of sp³-hybridized carbons (Fsp3) is 0.152. The number of carbonyl (C=O) groups is 3. The van der Waals surface area contributed by atoms with Crippen LogP contribution in [-0.2, 0) is 6.61 Å². The van der Waals surface area contributed by atoms with Crippen LogP contribution in [0.15, 0.2) is 82.3 Å². The summed E-state index contributed by atoms with van der Waals surface area (Å²) in [5.74, 6) is -1.83. The lowest BCUT2D eigenvalue weighted by molar-refractivity contribution is 0.0696. The second-order valence-corrected chi connectivity index (χ2v) is 10.2. The normalized spacial score (nSPS) is 11.2. The first-order valence-corrected chi connectivity index (χ1v) is 13.6. The molecule has 0 saturated heterocycles. The number of rotatable bonds is 10. The average molecular weight is 595 g/mol. The fourth-order valence-electron chi connectivity index (χ4n) is 5.02. The molecule has 0 aliphatic heterocycles. The molecule has 0 fully saturated rings. The Hall–Kier alpha value is -5.84. The number of nitrogens with zero attached hydrogens (tertiary/aromatic N) is 3. The highest BCUT2D eigenvalue weighted by Gasteiger charge is 2.16. The molecule has 0 unspecified atom stereocenters. The number of aryl methyl sites for hydroxylation is 3. The number of nitrogens with one attached hydrogen (secondary N) is 1. The van der Waals surface area contributed by atoms with Crippen LogP contribution in [-0.4, -0.2) is 43.4 Å². The van der Waals surface area contributed by atoms with Crippen molar-refractivity contribution in [3.8, 4) is 17.1 Å². The zero-order valence-corrected chi connectivity index (χ0v) is 24.5. The third kappa shape index (κ3) is 6.16. The van der Waals surface area contributed by atoms with Crippen LogP contribution in [0, 0.1) is 27.7 Å². The molecule has 1 amide bonds. The average Bonchev–Trinajstić information content (AvgIpc) is 3.68. The van der Waals surface area contributed by atoms with Crippen molar-refractivity contribution in [2.45, 2.75) is 34.3 Å². The van der Waals surface area contributed by atoms with Gasteiger partial charge >= 0.3 is 17.8 Å². The fourth-order valence-corrected chi connectivity index (χ4v) is 5.02. The summed E-state index contributed by atoms with van der Waals surface area (Å²) in [5, 5.41) is 22.9. The molecule has 0 atom stereocenters. The van der Waals surface area contributed by atoms with E-state index in [2.05, 4.69) is 41.1 Å². The number of carboxylic acids is 2. The van der Waals surface area contributed by atoms with E-state index in [-0.39, 0.29) is 23.5 Å². The van der Waals surface area contributed by atoms with Gasteiger partial charge in [-0.2, -0.15) is 5.10 Å². The van der Waals surface area contributed by atoms with Gasteiger partial charge in [-0.1, -0.05) is 0 Å². The Bertz CT molecular complexity index is 1860. The van der Waals surface area contributed by atoms with E-state index in [1.54, 1.807) is 30.5 Å². The number of aromatic nitrogens is 2. The molecule has 0 aliphatic carbocycles. The van der Waals surface area contributed by atoms with Crippen molar-refractivity contribution >= 4 is 24.1 Å². The molecule has 224 valence electrons. The number of hydrogen-bond donors (Lipinski definition) is 3. The van der Waals surface area contributed by atoms with Crippen molar-refractivity contribution in [2.75, 3.05) is 0 Å². The summed E-state index contributed by atoms with van der Waals surface area (Å²) in [6.07, 6.45) is 1.45. The number of hydrazone groups is 1. The Morgan fingerprint density at radius 1 is 0.795 bits per heavy atom. The number of furan rings is 1. The Morgan fingerprint density at radius 2 is 1.43 bits per heavy atom. The summed E-state index contributed by atoms with van der Waals surface area (Å²) in [6.45, 7) is 7.81. The molecule has 0 bridgehead atoms. The molecular weight excluding hydrogens is 564 g/mol. The highest BCUT2D eigenvalue weighted by atomic mass is 16.5. The maximum Gasteiger partial charge on any atom is 0.335 e. The zero-order valence-electron chi connectivity index (χ0n) is 24.5. The number of aromatic carboxylic acids is 2. The molecule has 44 heavy (non-hydrogen) atoms. The van der Waals surface area contributed by atoms with Crippen molar-refractivity contribution in [1.29, 1.82) is 0 Å². The van der Waals surface area contributed by atoms with Crippen molar-refractivity contribution in [2.24, 2.45) is 5.10 Å². The molecule has 3 heterocycles. The maximum absolute atomic E-state index is 12.6. The van der Waals surface area contributed by atoms with Crippen LogP contribution in [0.2, 0.25) is 0 Å². The summed E-state index contributed by atoms with van der Waals surface area (Å²) >= 11 is 0. The molecule has 0 saturated carbocycles. The lowest BCUT2D eigenvalue weighted by Gasteiger charge is -2.12. The topological polar surface area (TPSA) is 148 Å². The number of ether oxygens (including phenoxy) is 1. The minimum absolute atomic E-state index is 0.0619. The van der Waals surface area contributed by atoms with Gasteiger partial charge in [-0.3, -0.25) is 4.79 Å². The second-order valence-electron chi connectivity index (χ2n) is 10.2. The van der Waals surface area contributed by atoms with Crippen molar-refractivity contribution in [3.05, 3.63) is 124 Å². The van der Waals surface area contributed by atoms with Gasteiger partial charge in [0.1, 0.15) is 18.1 Å². The van der Waals surface area contributed by atoms with Crippen molar-refractivity contribution < 1.29 is 33.8 Å². The number of carboxylic acid groups (broad SMARTS) is 2. The molecule has 3 aromatic heterocycles. The quantitative estimate of drug-likeness (QED) is 0.136. The van der Waals surface area contributed by atoms with E-state index in [0.717, 1.165) is 28.8 Å². The molecule has 11 heteroatoms. The van der Waals surface area contributed by atoms with E-state index in [4.69, 9.17) is 9.15 Å². The summed E-state index contributed by atoms with van der Waals surface area (Å²) < 4.78 is 15.3. The molecule has 11 nitrogen and oxygen atoms in total. The smallest absolute Gasteiger partial charge is 0.335 e. The molecule has 2 aromatic carbocycles. The highest BCUT2D eigenvalue weighted by molar-refractivity contribution is 5.95. The largest absolute Gasteiger partial charge is 0.486 e. The van der Waals surface area contributed by atoms with E-state index in [0.29, 0.717) is 28.5 Å². The lowest BCUT2D eigenvalue weighted by Crippen LogP contribution is -2.16. The van der Waals surface area contributed by atoms with Crippen LogP contribution in [0.1, 0.15) is 65.4 Å². The molecule has 0 spiro atoms. The Balaban J connectivity index is 1.21. The van der Waals surface area contributed by atoms with Gasteiger partial charge in [0.15, 0.2) is 5.76 Å². The van der Waals surface area contributed by atoms with Crippen LogP contribution in [0.3, 0.4) is 0 Å². The van der Waals surface area contributed by atoms with Gasteiger partial charge in [0.25, 0.3) is 0 Å². The van der Waals surface area contributed by atoms with Crippen LogP contribution in [0.5, 0.6) is 5.75 Å². The minimum Gasteiger partial charge on any atom is -0.486 e. The maximum atomic E-state index is 12.6. The van der Waals surface area contributed by atoms with Gasteiger partial charge in [-0.05, 0) is 100 Å². The number of hydrogen-bond acceptors (Lipinski definition) is 6. The summed E-state index contributed by atoms with van der Waals surface area (Å²) in [7, 11) is 0. The van der Waals surface area contributed by atoms with Gasteiger partial charge < -0.3 is 28.5 Å². The second kappa shape index (κ2) is 12.2. The summed E-state index contributed by atoms with van der Waals surface area (Å²) in [6, 6.07) is 20.7. The number of carbonyl (C=O) groups excluding carboxylic acids is 1. The zero-order chi connectivity index (χ0) is 31.5. The van der Waals surface area contributed by atoms with E-state index in [9.17, 15) is 24.6 Å². The molecule has 5 rings (SSSR count). The van der Waals surface area contributed by atoms with Crippen LogP contribution in [0.25, 0.3) is 11.4 Å². The van der Waals surface area contributed by atoms with Gasteiger partial charge in [-0.25, -0.2) is 15.0 Å². The van der Waals surface area contributed by atoms with Gasteiger partial charge in [0.2, 0.25) is 0 Å². The predicted molar refractivity (Wildman–Crippen MR) is 163 cm³/mol. The van der Waals surface area contributed by atoms with Crippen molar-refractivity contribution in [3.63, 3.8) is 0 Å². The standard InChI is InChI=1S/C33H30N4O7/c1-19-5-6-20(2)36(19)26-7-9-28(10-8-26)43-18-29-11-12-30(44-29)31(38)35-34-17-25-13-21(3)37(22(25)4)27-15-23(32(39)40)14-24(16-27)33(41)42/h5-17H,18H2,1-4H3,(H,35,38)(H,39,40)(H,41,42)/b34-17+. The van der Waals surface area contributed by atoms with Crippen LogP contribution < -0.4 is 10.2 Å². The molecule has 0 aliphatic rings. The Labute approximate surface area is 252 Å². The van der Waals surface area contributed by atoms with E-state index in [1.165, 1.54) is 24.4 Å². The predicted octanol–water partition coefficient (Wildman–Crippen LogP) is 5.83.